The maximum absolute atomic E-state index is 11.7. The molecule has 0 bridgehead atoms. The average molecular weight is 501 g/mol. The van der Waals surface area contributed by atoms with Crippen LogP contribution >= 0.6 is 24.0 Å². The molecule has 0 saturated carbocycles. The lowest BCUT2D eigenvalue weighted by Crippen LogP contribution is -2.48. The molecule has 0 aromatic heterocycles. The molecule has 0 radical (unpaired) electrons. The third-order valence-corrected chi connectivity index (χ3v) is 4.58. The number of halogens is 1. The molecular formula is C21H36IN5O. The van der Waals surface area contributed by atoms with Gasteiger partial charge in [-0.1, -0.05) is 30.3 Å². The van der Waals surface area contributed by atoms with E-state index < -0.39 is 0 Å². The van der Waals surface area contributed by atoms with Gasteiger partial charge in [0.25, 0.3) is 0 Å². The summed E-state index contributed by atoms with van der Waals surface area (Å²) in [6, 6.07) is 11.3. The standard InChI is InChI=1S/C21H35N5O.HI/c1-4-22-21(23-13-10-20(27)24-17(2)3)25-19-11-14-26(15-12-19)16-18-8-6-5-7-9-18;/h5-9,17,19H,4,10-16H2,1-3H3,(H,24,27)(H2,22,23,25);1H. The summed E-state index contributed by atoms with van der Waals surface area (Å²) in [5.41, 5.74) is 1.37. The number of aliphatic imine (C=N–C) groups is 1. The van der Waals surface area contributed by atoms with E-state index in [0.29, 0.717) is 19.0 Å². The van der Waals surface area contributed by atoms with Gasteiger partial charge in [-0.2, -0.15) is 0 Å². The fourth-order valence-corrected chi connectivity index (χ4v) is 3.25. The normalized spacial score (nSPS) is 15.8. The van der Waals surface area contributed by atoms with E-state index in [0.717, 1.165) is 45.0 Å². The summed E-state index contributed by atoms with van der Waals surface area (Å²) in [5.74, 6) is 0.871. The molecule has 1 aliphatic rings. The van der Waals surface area contributed by atoms with Crippen LogP contribution in [0.25, 0.3) is 0 Å². The Bertz CT molecular complexity index is 586. The smallest absolute Gasteiger partial charge is 0.222 e. The number of piperidine rings is 1. The molecule has 1 fully saturated rings. The first-order chi connectivity index (χ1) is 13.1. The summed E-state index contributed by atoms with van der Waals surface area (Å²) in [7, 11) is 0. The zero-order valence-electron chi connectivity index (χ0n) is 17.4. The Morgan fingerprint density at radius 1 is 1.21 bits per heavy atom. The Hall–Kier alpha value is -1.35. The van der Waals surface area contributed by atoms with Crippen molar-refractivity contribution in [2.24, 2.45) is 4.99 Å². The van der Waals surface area contributed by atoms with Gasteiger partial charge in [0.2, 0.25) is 5.91 Å². The number of rotatable bonds is 8. The molecule has 1 aliphatic heterocycles. The highest BCUT2D eigenvalue weighted by atomic mass is 127. The van der Waals surface area contributed by atoms with Gasteiger partial charge in [-0.25, -0.2) is 0 Å². The van der Waals surface area contributed by atoms with Gasteiger partial charge in [0.1, 0.15) is 0 Å². The molecule has 1 aromatic rings. The van der Waals surface area contributed by atoms with Gasteiger partial charge in [0.05, 0.1) is 6.54 Å². The molecule has 2 rings (SSSR count). The van der Waals surface area contributed by atoms with Crippen LogP contribution in [0, 0.1) is 0 Å². The molecule has 1 aromatic carbocycles. The molecule has 28 heavy (non-hydrogen) atoms. The van der Waals surface area contributed by atoms with Crippen LogP contribution < -0.4 is 16.0 Å². The van der Waals surface area contributed by atoms with E-state index in [1.165, 1.54) is 5.56 Å². The van der Waals surface area contributed by atoms with Gasteiger partial charge in [0, 0.05) is 44.7 Å². The number of benzene rings is 1. The molecule has 1 heterocycles. The zero-order valence-corrected chi connectivity index (χ0v) is 19.7. The van der Waals surface area contributed by atoms with Crippen molar-refractivity contribution in [1.82, 2.24) is 20.9 Å². The fourth-order valence-electron chi connectivity index (χ4n) is 3.25. The number of nitrogens with one attached hydrogen (secondary N) is 3. The minimum absolute atomic E-state index is 0. The number of amides is 1. The molecular weight excluding hydrogens is 465 g/mol. The summed E-state index contributed by atoms with van der Waals surface area (Å²) in [6.45, 7) is 10.5. The van der Waals surface area contributed by atoms with E-state index in [2.05, 4.69) is 63.1 Å². The molecule has 6 nitrogen and oxygen atoms in total. The Labute approximate surface area is 187 Å². The van der Waals surface area contributed by atoms with E-state index >= 15 is 0 Å². The molecule has 0 unspecified atom stereocenters. The fraction of sp³-hybridized carbons (Fsp3) is 0.619. The summed E-state index contributed by atoms with van der Waals surface area (Å²) < 4.78 is 0. The van der Waals surface area contributed by atoms with E-state index in [-0.39, 0.29) is 35.9 Å². The van der Waals surface area contributed by atoms with Crippen LogP contribution in [0.15, 0.2) is 35.3 Å². The molecule has 0 spiro atoms. The van der Waals surface area contributed by atoms with Crippen molar-refractivity contribution >= 4 is 35.8 Å². The maximum Gasteiger partial charge on any atom is 0.222 e. The number of carbonyl (C=O) groups excluding carboxylic acids is 1. The average Bonchev–Trinajstić information content (AvgIpc) is 2.64. The van der Waals surface area contributed by atoms with Crippen LogP contribution in [-0.4, -0.2) is 55.0 Å². The second-order valence-electron chi connectivity index (χ2n) is 7.41. The topological polar surface area (TPSA) is 68.8 Å². The van der Waals surface area contributed by atoms with Crippen molar-refractivity contribution in [3.05, 3.63) is 35.9 Å². The number of guanidine groups is 1. The Kier molecular flexibility index (Phi) is 12.1. The molecule has 0 atom stereocenters. The number of likely N-dealkylation sites (tertiary alicyclic amines) is 1. The largest absolute Gasteiger partial charge is 0.357 e. The zero-order chi connectivity index (χ0) is 19.5. The van der Waals surface area contributed by atoms with E-state index in [1.54, 1.807) is 0 Å². The predicted octanol–water partition coefficient (Wildman–Crippen LogP) is 2.74. The molecule has 158 valence electrons. The molecule has 1 saturated heterocycles. The molecule has 7 heteroatoms. The Balaban J connectivity index is 0.00000392. The lowest BCUT2D eigenvalue weighted by molar-refractivity contribution is -0.121. The van der Waals surface area contributed by atoms with Crippen molar-refractivity contribution in [1.29, 1.82) is 0 Å². The van der Waals surface area contributed by atoms with E-state index in [9.17, 15) is 4.79 Å². The van der Waals surface area contributed by atoms with E-state index in [4.69, 9.17) is 0 Å². The van der Waals surface area contributed by atoms with Gasteiger partial charge in [0.15, 0.2) is 5.96 Å². The highest BCUT2D eigenvalue weighted by Gasteiger charge is 2.20. The van der Waals surface area contributed by atoms with Crippen LogP contribution in [0.1, 0.15) is 45.6 Å². The molecule has 1 amide bonds. The van der Waals surface area contributed by atoms with Crippen LogP contribution in [0.4, 0.5) is 0 Å². The van der Waals surface area contributed by atoms with Crippen LogP contribution in [0.5, 0.6) is 0 Å². The predicted molar refractivity (Wildman–Crippen MR) is 127 cm³/mol. The molecule has 3 N–H and O–H groups in total. The van der Waals surface area contributed by atoms with Crippen molar-refractivity contribution in [3.63, 3.8) is 0 Å². The number of hydrogen-bond donors (Lipinski definition) is 3. The summed E-state index contributed by atoms with van der Waals surface area (Å²) >= 11 is 0. The summed E-state index contributed by atoms with van der Waals surface area (Å²) in [6.07, 6.45) is 2.63. The second-order valence-corrected chi connectivity index (χ2v) is 7.41. The maximum atomic E-state index is 11.7. The quantitative estimate of drug-likeness (QED) is 0.291. The third-order valence-electron chi connectivity index (χ3n) is 4.58. The summed E-state index contributed by atoms with van der Waals surface area (Å²) in [5, 5.41) is 9.73. The lowest BCUT2D eigenvalue weighted by atomic mass is 10.0. The molecule has 0 aliphatic carbocycles. The monoisotopic (exact) mass is 501 g/mol. The SMILES string of the molecule is CCNC(=NCCC(=O)NC(C)C)NC1CCN(Cc2ccccc2)CC1.I. The van der Waals surface area contributed by atoms with Crippen molar-refractivity contribution in [3.8, 4) is 0 Å². The first-order valence-electron chi connectivity index (χ1n) is 10.2. The third kappa shape index (κ3) is 9.73. The van der Waals surface area contributed by atoms with Gasteiger partial charge >= 0.3 is 0 Å². The van der Waals surface area contributed by atoms with Crippen molar-refractivity contribution < 1.29 is 4.79 Å². The highest BCUT2D eigenvalue weighted by molar-refractivity contribution is 14.0. The van der Waals surface area contributed by atoms with Gasteiger partial charge < -0.3 is 16.0 Å². The van der Waals surface area contributed by atoms with Gasteiger partial charge in [-0.3, -0.25) is 14.7 Å². The van der Waals surface area contributed by atoms with Crippen LogP contribution in [0.3, 0.4) is 0 Å². The summed E-state index contributed by atoms with van der Waals surface area (Å²) in [4.78, 5) is 18.8. The number of hydrogen-bond acceptors (Lipinski definition) is 3. The minimum Gasteiger partial charge on any atom is -0.357 e. The number of carbonyl (C=O) groups is 1. The first kappa shape index (κ1) is 24.7. The van der Waals surface area contributed by atoms with E-state index in [1.807, 2.05) is 13.8 Å². The lowest BCUT2D eigenvalue weighted by Gasteiger charge is -2.33. The highest BCUT2D eigenvalue weighted by Crippen LogP contribution is 2.13. The number of nitrogens with zero attached hydrogens (tertiary/aromatic N) is 2. The van der Waals surface area contributed by atoms with Crippen LogP contribution in [-0.2, 0) is 11.3 Å². The van der Waals surface area contributed by atoms with Crippen molar-refractivity contribution in [2.45, 2.75) is 58.7 Å². The minimum atomic E-state index is 0. The van der Waals surface area contributed by atoms with Gasteiger partial charge in [-0.15, -0.1) is 24.0 Å². The van der Waals surface area contributed by atoms with Crippen LogP contribution in [0.2, 0.25) is 0 Å². The second kappa shape index (κ2) is 13.8. The Morgan fingerprint density at radius 2 is 1.89 bits per heavy atom. The first-order valence-corrected chi connectivity index (χ1v) is 10.2. The van der Waals surface area contributed by atoms with Gasteiger partial charge in [-0.05, 0) is 39.2 Å². The Morgan fingerprint density at radius 3 is 2.50 bits per heavy atom. The van der Waals surface area contributed by atoms with Crippen molar-refractivity contribution in [2.75, 3.05) is 26.2 Å².